The zero-order chi connectivity index (χ0) is 30.6. The first kappa shape index (κ1) is 31.0. The van der Waals surface area contributed by atoms with Gasteiger partial charge in [-0.25, -0.2) is 8.78 Å². The molecule has 11 heteroatoms. The summed E-state index contributed by atoms with van der Waals surface area (Å²) >= 11 is 1.34. The summed E-state index contributed by atoms with van der Waals surface area (Å²) in [6.07, 6.45) is -1.60. The largest absolute Gasteiger partial charge is 0.508 e. The van der Waals surface area contributed by atoms with Crippen LogP contribution < -0.4 is 10.6 Å². The van der Waals surface area contributed by atoms with Gasteiger partial charge >= 0.3 is 0 Å². The maximum absolute atomic E-state index is 13.8. The van der Waals surface area contributed by atoms with Crippen LogP contribution in [0.25, 0.3) is 0 Å². The van der Waals surface area contributed by atoms with Crippen LogP contribution in [-0.2, 0) is 22.6 Å². The van der Waals surface area contributed by atoms with Gasteiger partial charge in [0.1, 0.15) is 23.4 Å². The number of aliphatic hydroxyl groups excluding tert-OH is 1. The van der Waals surface area contributed by atoms with Gasteiger partial charge < -0.3 is 25.7 Å². The van der Waals surface area contributed by atoms with Crippen LogP contribution in [0.15, 0.2) is 66.7 Å². The monoisotopic (exact) mass is 597 g/mol. The lowest BCUT2D eigenvalue weighted by molar-refractivity contribution is -0.147. The molecule has 4 rings (SSSR count). The first-order valence-corrected chi connectivity index (χ1v) is 14.3. The van der Waals surface area contributed by atoms with Crippen molar-refractivity contribution in [3.63, 3.8) is 0 Å². The SMILES string of the molecule is Cc1c(O)cccc1C(=O)NC(Cc1ccccc1)C(O)C(=O)N1CSC(C)(C)C1C(=O)NCc1cc(F)cc(F)c1. The molecule has 8 nitrogen and oxygen atoms in total. The Labute approximate surface area is 247 Å². The van der Waals surface area contributed by atoms with Gasteiger partial charge in [0.2, 0.25) is 5.91 Å². The van der Waals surface area contributed by atoms with Gasteiger partial charge in [0.25, 0.3) is 11.8 Å². The van der Waals surface area contributed by atoms with Crippen molar-refractivity contribution in [2.45, 2.75) is 56.7 Å². The zero-order valence-corrected chi connectivity index (χ0v) is 24.3. The van der Waals surface area contributed by atoms with E-state index in [1.807, 2.05) is 6.07 Å². The normalized spacial score (nSPS) is 17.4. The van der Waals surface area contributed by atoms with Crippen LogP contribution in [0.4, 0.5) is 8.78 Å². The topological polar surface area (TPSA) is 119 Å². The number of amides is 3. The van der Waals surface area contributed by atoms with Crippen molar-refractivity contribution in [3.05, 3.63) is 101 Å². The Morgan fingerprint density at radius 2 is 1.69 bits per heavy atom. The summed E-state index contributed by atoms with van der Waals surface area (Å²) in [7, 11) is 0. The molecule has 1 heterocycles. The molecular formula is C31H33F2N3O5S. The van der Waals surface area contributed by atoms with Gasteiger partial charge in [0.05, 0.1) is 11.9 Å². The minimum absolute atomic E-state index is 0.0648. The lowest BCUT2D eigenvalue weighted by Crippen LogP contribution is -2.58. The van der Waals surface area contributed by atoms with Crippen molar-refractivity contribution in [2.24, 2.45) is 0 Å². The fourth-order valence-electron chi connectivity index (χ4n) is 4.98. The second-order valence-electron chi connectivity index (χ2n) is 10.7. The number of nitrogens with one attached hydrogen (secondary N) is 2. The minimum atomic E-state index is -1.71. The number of carbonyl (C=O) groups excluding carboxylic acids is 3. The first-order chi connectivity index (χ1) is 19.9. The van der Waals surface area contributed by atoms with E-state index in [0.717, 1.165) is 23.8 Å². The number of benzene rings is 3. The smallest absolute Gasteiger partial charge is 0.254 e. The van der Waals surface area contributed by atoms with Gasteiger partial charge in [-0.15, -0.1) is 11.8 Å². The number of phenols is 1. The summed E-state index contributed by atoms with van der Waals surface area (Å²) in [6, 6.07) is 14.4. The molecule has 3 atom stereocenters. The van der Waals surface area contributed by atoms with Crippen LogP contribution in [0, 0.1) is 18.6 Å². The van der Waals surface area contributed by atoms with Crippen LogP contribution >= 0.6 is 11.8 Å². The maximum Gasteiger partial charge on any atom is 0.254 e. The second kappa shape index (κ2) is 12.9. The van der Waals surface area contributed by atoms with Crippen LogP contribution in [0.5, 0.6) is 5.75 Å². The van der Waals surface area contributed by atoms with E-state index in [9.17, 15) is 33.4 Å². The van der Waals surface area contributed by atoms with Gasteiger partial charge in [0.15, 0.2) is 6.10 Å². The van der Waals surface area contributed by atoms with Crippen LogP contribution in [0.3, 0.4) is 0 Å². The Kier molecular flexibility index (Phi) is 9.53. The molecule has 0 aliphatic carbocycles. The lowest BCUT2D eigenvalue weighted by atomic mass is 9.96. The zero-order valence-electron chi connectivity index (χ0n) is 23.4. The molecule has 1 fully saturated rings. The van der Waals surface area contributed by atoms with E-state index in [1.165, 1.54) is 34.9 Å². The second-order valence-corrected chi connectivity index (χ2v) is 12.3. The van der Waals surface area contributed by atoms with E-state index < -0.39 is 52.3 Å². The standard InChI is InChI=1S/C31H33F2N3O5S/c1-18-23(10-7-11-25(18)37)28(39)35-24(14-19-8-5-4-6-9-19)26(38)30(41)36-17-42-31(2,3)27(36)29(40)34-16-20-12-21(32)15-22(33)13-20/h4-13,15,24,26-27,37-38H,14,16-17H2,1-3H3,(H,34,40)(H,35,39). The minimum Gasteiger partial charge on any atom is -0.508 e. The summed E-state index contributed by atoms with van der Waals surface area (Å²) in [4.78, 5) is 41.6. The van der Waals surface area contributed by atoms with E-state index in [2.05, 4.69) is 10.6 Å². The number of phenolic OH excluding ortho intramolecular Hbond substituents is 1. The molecule has 1 aliphatic heterocycles. The molecule has 1 aliphatic rings. The number of aromatic hydroxyl groups is 1. The van der Waals surface area contributed by atoms with Crippen molar-refractivity contribution < 1.29 is 33.4 Å². The molecule has 3 aromatic rings. The Balaban J connectivity index is 1.56. The summed E-state index contributed by atoms with van der Waals surface area (Å²) in [6.45, 7) is 5.00. The molecule has 42 heavy (non-hydrogen) atoms. The first-order valence-electron chi connectivity index (χ1n) is 13.4. The van der Waals surface area contributed by atoms with Crippen LogP contribution in [0.2, 0.25) is 0 Å². The number of thioether (sulfide) groups is 1. The third-order valence-corrected chi connectivity index (χ3v) is 8.64. The van der Waals surface area contributed by atoms with Gasteiger partial charge in [-0.2, -0.15) is 0 Å². The predicted molar refractivity (Wildman–Crippen MR) is 156 cm³/mol. The molecule has 222 valence electrons. The molecule has 3 unspecified atom stereocenters. The molecule has 1 saturated heterocycles. The number of aliphatic hydroxyl groups is 1. The summed E-state index contributed by atoms with van der Waals surface area (Å²) < 4.78 is 26.5. The average Bonchev–Trinajstić information content (AvgIpc) is 3.26. The van der Waals surface area contributed by atoms with Crippen molar-refractivity contribution in [2.75, 3.05) is 5.88 Å². The summed E-state index contributed by atoms with van der Waals surface area (Å²) in [5, 5.41) is 26.8. The van der Waals surface area contributed by atoms with Gasteiger partial charge in [0, 0.05) is 28.5 Å². The molecule has 0 bridgehead atoms. The van der Waals surface area contributed by atoms with Crippen molar-refractivity contribution in [3.8, 4) is 5.75 Å². The van der Waals surface area contributed by atoms with E-state index in [1.54, 1.807) is 45.0 Å². The predicted octanol–water partition coefficient (Wildman–Crippen LogP) is 3.68. The van der Waals surface area contributed by atoms with Crippen molar-refractivity contribution >= 4 is 29.5 Å². The van der Waals surface area contributed by atoms with E-state index in [4.69, 9.17) is 0 Å². The highest BCUT2D eigenvalue weighted by Crippen LogP contribution is 2.40. The highest BCUT2D eigenvalue weighted by atomic mass is 32.2. The highest BCUT2D eigenvalue weighted by Gasteiger charge is 2.49. The Bertz CT molecular complexity index is 1450. The Morgan fingerprint density at radius 1 is 1.02 bits per heavy atom. The molecule has 4 N–H and O–H groups in total. The van der Waals surface area contributed by atoms with E-state index in [-0.39, 0.29) is 35.7 Å². The van der Waals surface area contributed by atoms with Crippen molar-refractivity contribution in [1.29, 1.82) is 0 Å². The fraction of sp³-hybridized carbons (Fsp3) is 0.323. The van der Waals surface area contributed by atoms with E-state index >= 15 is 0 Å². The summed E-state index contributed by atoms with van der Waals surface area (Å²) in [5.41, 5.74) is 1.52. The molecule has 0 radical (unpaired) electrons. The third-order valence-electron chi connectivity index (χ3n) is 7.27. The lowest BCUT2D eigenvalue weighted by Gasteiger charge is -2.33. The van der Waals surface area contributed by atoms with Gasteiger partial charge in [-0.1, -0.05) is 36.4 Å². The Hall–Kier alpha value is -3.96. The van der Waals surface area contributed by atoms with Crippen LogP contribution in [-0.4, -0.2) is 61.6 Å². The fourth-order valence-corrected chi connectivity index (χ4v) is 6.12. The third kappa shape index (κ3) is 7.08. The molecule has 3 aromatic carbocycles. The molecule has 0 spiro atoms. The Morgan fingerprint density at radius 3 is 2.36 bits per heavy atom. The maximum atomic E-state index is 13.8. The number of nitrogens with zero attached hydrogens (tertiary/aromatic N) is 1. The molecule has 0 saturated carbocycles. The average molecular weight is 598 g/mol. The van der Waals surface area contributed by atoms with Gasteiger partial charge in [-0.05, 0) is 62.6 Å². The van der Waals surface area contributed by atoms with Crippen molar-refractivity contribution in [1.82, 2.24) is 15.5 Å². The highest BCUT2D eigenvalue weighted by molar-refractivity contribution is 8.00. The molecule has 0 aromatic heterocycles. The summed E-state index contributed by atoms with van der Waals surface area (Å²) in [5.74, 6) is -3.39. The number of hydrogen-bond donors (Lipinski definition) is 4. The molecule has 3 amide bonds. The molecular weight excluding hydrogens is 564 g/mol. The van der Waals surface area contributed by atoms with Gasteiger partial charge in [-0.3, -0.25) is 14.4 Å². The van der Waals surface area contributed by atoms with Crippen LogP contribution in [0.1, 0.15) is 40.9 Å². The van der Waals surface area contributed by atoms with E-state index in [0.29, 0.717) is 5.56 Å². The quantitative estimate of drug-likeness (QED) is 0.299. The number of rotatable bonds is 9. The number of halogens is 2. The number of carbonyl (C=O) groups is 3. The number of hydrogen-bond acceptors (Lipinski definition) is 6.